The molecule has 0 aliphatic heterocycles. The fourth-order valence-corrected chi connectivity index (χ4v) is 2.27. The highest BCUT2D eigenvalue weighted by Gasteiger charge is 2.01. The van der Waals surface area contributed by atoms with Crippen molar-refractivity contribution in [3.8, 4) is 0 Å². The first-order chi connectivity index (χ1) is 11.2. The molecule has 116 valence electrons. The summed E-state index contributed by atoms with van der Waals surface area (Å²) in [5, 5.41) is 6.56. The van der Waals surface area contributed by atoms with Gasteiger partial charge < -0.3 is 10.6 Å². The smallest absolute Gasteiger partial charge is 0.229 e. The summed E-state index contributed by atoms with van der Waals surface area (Å²) in [7, 11) is 0. The third-order valence-corrected chi connectivity index (χ3v) is 3.52. The molecule has 4 nitrogen and oxygen atoms in total. The molecule has 0 saturated heterocycles. The Hall–Kier alpha value is -2.88. The van der Waals surface area contributed by atoms with Crippen molar-refractivity contribution in [1.29, 1.82) is 0 Å². The number of aromatic nitrogens is 2. The van der Waals surface area contributed by atoms with Gasteiger partial charge in [0.15, 0.2) is 0 Å². The number of nitrogens with zero attached hydrogens (tertiary/aromatic N) is 2. The number of benzene rings is 2. The van der Waals surface area contributed by atoms with Crippen LogP contribution in [0.1, 0.15) is 16.7 Å². The van der Waals surface area contributed by atoms with Gasteiger partial charge in [0.05, 0.1) is 0 Å². The number of anilines is 3. The van der Waals surface area contributed by atoms with Gasteiger partial charge in [-0.25, -0.2) is 4.98 Å². The summed E-state index contributed by atoms with van der Waals surface area (Å²) in [6, 6.07) is 18.5. The summed E-state index contributed by atoms with van der Waals surface area (Å²) in [6.45, 7) is 4.89. The highest BCUT2D eigenvalue weighted by molar-refractivity contribution is 5.55. The Balaban J connectivity index is 1.66. The zero-order valence-corrected chi connectivity index (χ0v) is 13.4. The van der Waals surface area contributed by atoms with Crippen LogP contribution in [-0.2, 0) is 6.54 Å². The van der Waals surface area contributed by atoms with E-state index in [4.69, 9.17) is 0 Å². The van der Waals surface area contributed by atoms with Crippen LogP contribution in [0.5, 0.6) is 0 Å². The van der Waals surface area contributed by atoms with E-state index in [1.807, 2.05) is 18.2 Å². The van der Waals surface area contributed by atoms with Gasteiger partial charge in [-0.2, -0.15) is 4.98 Å². The van der Waals surface area contributed by atoms with E-state index in [1.54, 1.807) is 6.20 Å². The van der Waals surface area contributed by atoms with Crippen molar-refractivity contribution in [3.05, 3.63) is 77.5 Å². The van der Waals surface area contributed by atoms with Crippen molar-refractivity contribution >= 4 is 17.5 Å². The SMILES string of the molecule is Cc1ccc(CNc2ccnc(Nc3cccc(C)c3)n2)cc1. The molecule has 0 radical (unpaired) electrons. The van der Waals surface area contributed by atoms with Crippen LogP contribution < -0.4 is 10.6 Å². The minimum atomic E-state index is 0.588. The predicted octanol–water partition coefficient (Wildman–Crippen LogP) is 4.45. The topological polar surface area (TPSA) is 49.8 Å². The summed E-state index contributed by atoms with van der Waals surface area (Å²) < 4.78 is 0. The second-order valence-corrected chi connectivity index (χ2v) is 5.60. The first-order valence-electron chi connectivity index (χ1n) is 7.65. The molecule has 0 aliphatic carbocycles. The second kappa shape index (κ2) is 6.92. The van der Waals surface area contributed by atoms with E-state index in [1.165, 1.54) is 16.7 Å². The maximum Gasteiger partial charge on any atom is 0.229 e. The molecule has 3 rings (SSSR count). The molecule has 3 aromatic rings. The van der Waals surface area contributed by atoms with Crippen molar-refractivity contribution in [3.63, 3.8) is 0 Å². The molecule has 0 aliphatic rings. The predicted molar refractivity (Wildman–Crippen MR) is 95.0 cm³/mol. The van der Waals surface area contributed by atoms with Gasteiger partial charge in [0, 0.05) is 18.4 Å². The van der Waals surface area contributed by atoms with Crippen molar-refractivity contribution in [1.82, 2.24) is 9.97 Å². The largest absolute Gasteiger partial charge is 0.366 e. The molecule has 2 aromatic carbocycles. The molecule has 0 fully saturated rings. The molecule has 0 unspecified atom stereocenters. The van der Waals surface area contributed by atoms with Crippen LogP contribution in [0.3, 0.4) is 0 Å². The van der Waals surface area contributed by atoms with Crippen LogP contribution >= 0.6 is 0 Å². The van der Waals surface area contributed by atoms with Gasteiger partial charge in [0.2, 0.25) is 5.95 Å². The molecule has 1 aromatic heterocycles. The van der Waals surface area contributed by atoms with E-state index < -0.39 is 0 Å². The summed E-state index contributed by atoms with van der Waals surface area (Å²) >= 11 is 0. The molecule has 0 bridgehead atoms. The van der Waals surface area contributed by atoms with Crippen molar-refractivity contribution < 1.29 is 0 Å². The van der Waals surface area contributed by atoms with Gasteiger partial charge in [-0.15, -0.1) is 0 Å². The number of nitrogens with one attached hydrogen (secondary N) is 2. The van der Waals surface area contributed by atoms with Gasteiger partial charge in [-0.05, 0) is 43.2 Å². The van der Waals surface area contributed by atoms with Gasteiger partial charge in [0.1, 0.15) is 5.82 Å². The monoisotopic (exact) mass is 304 g/mol. The summed E-state index contributed by atoms with van der Waals surface area (Å²) in [5.41, 5.74) is 4.67. The number of aryl methyl sites for hydroxylation is 2. The normalized spacial score (nSPS) is 10.3. The Morgan fingerprint density at radius 3 is 2.52 bits per heavy atom. The van der Waals surface area contributed by atoms with E-state index in [2.05, 4.69) is 70.8 Å². The lowest BCUT2D eigenvalue weighted by atomic mass is 10.1. The molecular weight excluding hydrogens is 284 g/mol. The van der Waals surface area contributed by atoms with E-state index >= 15 is 0 Å². The van der Waals surface area contributed by atoms with E-state index in [0.717, 1.165) is 18.1 Å². The minimum absolute atomic E-state index is 0.588. The summed E-state index contributed by atoms with van der Waals surface area (Å²) in [4.78, 5) is 8.77. The fourth-order valence-electron chi connectivity index (χ4n) is 2.27. The Kier molecular flexibility index (Phi) is 4.52. The van der Waals surface area contributed by atoms with Crippen LogP contribution in [0, 0.1) is 13.8 Å². The Bertz CT molecular complexity index is 781. The Labute approximate surface area is 136 Å². The lowest BCUT2D eigenvalue weighted by molar-refractivity contribution is 1.08. The average Bonchev–Trinajstić information content (AvgIpc) is 2.55. The maximum absolute atomic E-state index is 4.50. The first kappa shape index (κ1) is 15.0. The molecular formula is C19H20N4. The second-order valence-electron chi connectivity index (χ2n) is 5.60. The van der Waals surface area contributed by atoms with Gasteiger partial charge in [-0.3, -0.25) is 0 Å². The Morgan fingerprint density at radius 1 is 0.913 bits per heavy atom. The van der Waals surface area contributed by atoms with Crippen molar-refractivity contribution in [2.45, 2.75) is 20.4 Å². The standard InChI is InChI=1S/C19H20N4/c1-14-6-8-16(9-7-14)13-21-18-10-11-20-19(23-18)22-17-5-3-4-15(2)12-17/h3-12H,13H2,1-2H3,(H2,20,21,22,23). The molecule has 0 amide bonds. The molecule has 0 atom stereocenters. The summed E-state index contributed by atoms with van der Waals surface area (Å²) in [6.07, 6.45) is 1.75. The van der Waals surface area contributed by atoms with E-state index in [9.17, 15) is 0 Å². The van der Waals surface area contributed by atoms with Crippen LogP contribution in [0.25, 0.3) is 0 Å². The zero-order valence-electron chi connectivity index (χ0n) is 13.4. The average molecular weight is 304 g/mol. The van der Waals surface area contributed by atoms with Crippen LogP contribution in [-0.4, -0.2) is 9.97 Å². The lowest BCUT2D eigenvalue weighted by Gasteiger charge is -2.09. The van der Waals surface area contributed by atoms with Crippen molar-refractivity contribution in [2.75, 3.05) is 10.6 Å². The molecule has 2 N–H and O–H groups in total. The van der Waals surface area contributed by atoms with Gasteiger partial charge in [0.25, 0.3) is 0 Å². The van der Waals surface area contributed by atoms with Crippen LogP contribution in [0.15, 0.2) is 60.8 Å². The molecule has 0 spiro atoms. The highest BCUT2D eigenvalue weighted by atomic mass is 15.1. The third-order valence-electron chi connectivity index (χ3n) is 3.52. The number of rotatable bonds is 5. The van der Waals surface area contributed by atoms with E-state index in [0.29, 0.717) is 5.95 Å². The molecule has 4 heteroatoms. The quantitative estimate of drug-likeness (QED) is 0.731. The van der Waals surface area contributed by atoms with Crippen LogP contribution in [0.4, 0.5) is 17.5 Å². The minimum Gasteiger partial charge on any atom is -0.366 e. The van der Waals surface area contributed by atoms with Crippen molar-refractivity contribution in [2.24, 2.45) is 0 Å². The third kappa shape index (κ3) is 4.30. The van der Waals surface area contributed by atoms with E-state index in [-0.39, 0.29) is 0 Å². The summed E-state index contributed by atoms with van der Waals surface area (Å²) in [5.74, 6) is 1.39. The number of hydrogen-bond acceptors (Lipinski definition) is 4. The van der Waals surface area contributed by atoms with Gasteiger partial charge in [-0.1, -0.05) is 42.0 Å². The molecule has 1 heterocycles. The van der Waals surface area contributed by atoms with Gasteiger partial charge >= 0.3 is 0 Å². The first-order valence-corrected chi connectivity index (χ1v) is 7.65. The van der Waals surface area contributed by atoms with Crippen LogP contribution in [0.2, 0.25) is 0 Å². The lowest BCUT2D eigenvalue weighted by Crippen LogP contribution is -2.04. The fraction of sp³-hybridized carbons (Fsp3) is 0.158. The zero-order chi connectivity index (χ0) is 16.1. The molecule has 23 heavy (non-hydrogen) atoms. The number of hydrogen-bond donors (Lipinski definition) is 2. The Morgan fingerprint density at radius 2 is 1.74 bits per heavy atom. The molecule has 0 saturated carbocycles. The maximum atomic E-state index is 4.50. The highest BCUT2D eigenvalue weighted by Crippen LogP contribution is 2.16.